The molecule has 0 fully saturated rings. The predicted octanol–water partition coefficient (Wildman–Crippen LogP) is 6.31. The van der Waals surface area contributed by atoms with Gasteiger partial charge < -0.3 is 4.74 Å². The highest BCUT2D eigenvalue weighted by Gasteiger charge is 2.13. The van der Waals surface area contributed by atoms with Crippen molar-refractivity contribution >= 4 is 23.2 Å². The summed E-state index contributed by atoms with van der Waals surface area (Å²) in [6.07, 6.45) is 14.6. The monoisotopic (exact) mass is 340 g/mol. The van der Waals surface area contributed by atoms with Gasteiger partial charge in [-0.25, -0.2) is 0 Å². The maximum Gasteiger partial charge on any atom is 0.118 e. The van der Waals surface area contributed by atoms with Gasteiger partial charge in [0.05, 0.1) is 0 Å². The van der Waals surface area contributed by atoms with Crippen LogP contribution in [0.5, 0.6) is 0 Å². The van der Waals surface area contributed by atoms with Crippen LogP contribution in [-0.4, -0.2) is 12.7 Å². The van der Waals surface area contributed by atoms with E-state index in [1.165, 1.54) is 32.1 Å². The zero-order valence-corrected chi connectivity index (χ0v) is 14.8. The Labute approximate surface area is 145 Å². The number of allylic oxidation sites excluding steroid dienone is 4. The fraction of sp³-hybridized carbons (Fsp3) is 0.684. The molecule has 0 N–H and O–H groups in total. The van der Waals surface area contributed by atoms with E-state index in [2.05, 4.69) is 11.8 Å². The minimum Gasteiger partial charge on any atom is -0.366 e. The second-order valence-electron chi connectivity index (χ2n) is 6.08. The van der Waals surface area contributed by atoms with Crippen molar-refractivity contribution in [3.63, 3.8) is 0 Å². The van der Waals surface area contributed by atoms with Gasteiger partial charge in [-0.15, -0.1) is 5.92 Å². The zero-order valence-electron chi connectivity index (χ0n) is 13.3. The van der Waals surface area contributed by atoms with Crippen molar-refractivity contribution in [2.45, 2.75) is 76.7 Å². The molecule has 0 amide bonds. The van der Waals surface area contributed by atoms with E-state index in [4.69, 9.17) is 27.9 Å². The maximum atomic E-state index is 6.16. The number of rotatable bonds is 8. The molecule has 0 spiro atoms. The summed E-state index contributed by atoms with van der Waals surface area (Å²) in [5.41, 5.74) is 1.16. The Balaban J connectivity index is 1.51. The molecule has 1 unspecified atom stereocenters. The molecule has 0 saturated carbocycles. The molecule has 0 aromatic rings. The molecule has 0 aromatic carbocycles. The quantitative estimate of drug-likeness (QED) is 0.371. The van der Waals surface area contributed by atoms with E-state index in [0.717, 1.165) is 60.8 Å². The van der Waals surface area contributed by atoms with E-state index in [0.29, 0.717) is 0 Å². The van der Waals surface area contributed by atoms with Crippen LogP contribution in [0.2, 0.25) is 0 Å². The Kier molecular flexibility index (Phi) is 8.45. The molecule has 0 bridgehead atoms. The molecule has 1 atom stereocenters. The second-order valence-corrected chi connectivity index (χ2v) is 6.95. The minimum atomic E-state index is 0.173. The maximum absolute atomic E-state index is 6.16. The highest BCUT2D eigenvalue weighted by Crippen LogP contribution is 2.34. The molecular weight excluding hydrogens is 315 g/mol. The Morgan fingerprint density at radius 1 is 1.09 bits per heavy atom. The molecular formula is C19H26Cl2O. The first-order valence-electron chi connectivity index (χ1n) is 8.61. The van der Waals surface area contributed by atoms with Crippen molar-refractivity contribution in [1.29, 1.82) is 0 Å². The van der Waals surface area contributed by atoms with Crippen molar-refractivity contribution in [1.82, 2.24) is 0 Å². The van der Waals surface area contributed by atoms with E-state index in [1.807, 2.05) is 6.08 Å². The molecule has 1 nitrogen and oxygen atoms in total. The molecule has 2 aliphatic rings. The van der Waals surface area contributed by atoms with Crippen LogP contribution in [0.1, 0.15) is 70.6 Å². The SMILES string of the molecule is ClC1=CCC(Cl)=C1CCCCCCOC1C#CCCCCC1. The van der Waals surface area contributed by atoms with Crippen molar-refractivity contribution in [2.24, 2.45) is 0 Å². The third kappa shape index (κ3) is 6.37. The molecule has 0 aliphatic heterocycles. The summed E-state index contributed by atoms with van der Waals surface area (Å²) in [7, 11) is 0. The van der Waals surface area contributed by atoms with E-state index >= 15 is 0 Å². The van der Waals surface area contributed by atoms with Gasteiger partial charge in [0.15, 0.2) is 0 Å². The second kappa shape index (κ2) is 10.4. The van der Waals surface area contributed by atoms with Crippen molar-refractivity contribution in [3.05, 3.63) is 21.7 Å². The lowest BCUT2D eigenvalue weighted by Gasteiger charge is -2.13. The van der Waals surface area contributed by atoms with Crippen molar-refractivity contribution in [3.8, 4) is 11.8 Å². The first-order chi connectivity index (χ1) is 10.8. The van der Waals surface area contributed by atoms with Gasteiger partial charge in [0.1, 0.15) is 6.10 Å². The Hall–Kier alpha value is -0.420. The number of unbranched alkanes of at least 4 members (excludes halogenated alkanes) is 3. The van der Waals surface area contributed by atoms with Crippen LogP contribution in [-0.2, 0) is 4.74 Å². The summed E-state index contributed by atoms with van der Waals surface area (Å²) in [6, 6.07) is 0. The molecule has 0 radical (unpaired) electrons. The van der Waals surface area contributed by atoms with Gasteiger partial charge in [-0.3, -0.25) is 0 Å². The van der Waals surface area contributed by atoms with Gasteiger partial charge in [-0.2, -0.15) is 0 Å². The standard InChI is InChI=1S/C19H26Cl2O/c20-18-13-14-19(21)17(18)12-8-4-5-9-15-22-16-10-6-2-1-3-7-11-16/h13,16H,1-6,8-10,12,14-15H2. The van der Waals surface area contributed by atoms with E-state index in [9.17, 15) is 0 Å². The largest absolute Gasteiger partial charge is 0.366 e. The molecule has 2 aliphatic carbocycles. The number of halogens is 2. The van der Waals surface area contributed by atoms with Gasteiger partial charge in [0.25, 0.3) is 0 Å². The van der Waals surface area contributed by atoms with Crippen molar-refractivity contribution in [2.75, 3.05) is 6.61 Å². The first-order valence-corrected chi connectivity index (χ1v) is 9.36. The van der Waals surface area contributed by atoms with Gasteiger partial charge in [0.2, 0.25) is 0 Å². The summed E-state index contributed by atoms with van der Waals surface area (Å²) in [5.74, 6) is 6.48. The lowest BCUT2D eigenvalue weighted by atomic mass is 10.1. The first kappa shape index (κ1) is 17.9. The number of ether oxygens (including phenoxy) is 1. The summed E-state index contributed by atoms with van der Waals surface area (Å²) in [6.45, 7) is 0.837. The third-order valence-electron chi connectivity index (χ3n) is 4.25. The Bertz CT molecular complexity index is 468. The molecule has 3 heteroatoms. The predicted molar refractivity (Wildman–Crippen MR) is 95.1 cm³/mol. The number of hydrogen-bond acceptors (Lipinski definition) is 1. The van der Waals surface area contributed by atoms with Gasteiger partial charge in [-0.1, -0.05) is 54.5 Å². The molecule has 0 aromatic heterocycles. The average Bonchev–Trinajstić information content (AvgIpc) is 2.79. The molecule has 22 heavy (non-hydrogen) atoms. The Morgan fingerprint density at radius 2 is 1.95 bits per heavy atom. The van der Waals surface area contributed by atoms with Gasteiger partial charge >= 0.3 is 0 Å². The Morgan fingerprint density at radius 3 is 2.77 bits per heavy atom. The fourth-order valence-corrected chi connectivity index (χ4v) is 3.50. The van der Waals surface area contributed by atoms with Crippen LogP contribution in [0.4, 0.5) is 0 Å². The molecule has 0 heterocycles. The van der Waals surface area contributed by atoms with Crippen LogP contribution in [0.3, 0.4) is 0 Å². The topological polar surface area (TPSA) is 9.23 Å². The average molecular weight is 341 g/mol. The molecule has 122 valence electrons. The highest BCUT2D eigenvalue weighted by molar-refractivity contribution is 6.36. The molecule has 2 rings (SSSR count). The van der Waals surface area contributed by atoms with E-state index < -0.39 is 0 Å². The third-order valence-corrected chi connectivity index (χ3v) is 5.01. The normalized spacial score (nSPS) is 21.9. The summed E-state index contributed by atoms with van der Waals surface area (Å²) in [5, 5.41) is 1.78. The van der Waals surface area contributed by atoms with Gasteiger partial charge in [-0.05, 0) is 44.1 Å². The van der Waals surface area contributed by atoms with Crippen LogP contribution >= 0.6 is 23.2 Å². The summed E-state index contributed by atoms with van der Waals surface area (Å²) >= 11 is 12.3. The summed E-state index contributed by atoms with van der Waals surface area (Å²) in [4.78, 5) is 0. The van der Waals surface area contributed by atoms with Crippen LogP contribution in [0.25, 0.3) is 0 Å². The zero-order chi connectivity index (χ0) is 15.6. The van der Waals surface area contributed by atoms with E-state index in [1.54, 1.807) is 0 Å². The smallest absolute Gasteiger partial charge is 0.118 e. The fourth-order valence-electron chi connectivity index (χ4n) is 2.90. The molecule has 0 saturated heterocycles. The van der Waals surface area contributed by atoms with Crippen LogP contribution < -0.4 is 0 Å². The lowest BCUT2D eigenvalue weighted by molar-refractivity contribution is 0.0801. The van der Waals surface area contributed by atoms with Crippen LogP contribution in [0, 0.1) is 11.8 Å². The lowest BCUT2D eigenvalue weighted by Crippen LogP contribution is -2.12. The van der Waals surface area contributed by atoms with Gasteiger partial charge in [0, 0.05) is 29.5 Å². The number of hydrogen-bond donors (Lipinski definition) is 0. The highest BCUT2D eigenvalue weighted by atomic mass is 35.5. The summed E-state index contributed by atoms with van der Waals surface area (Å²) < 4.78 is 5.90. The van der Waals surface area contributed by atoms with Crippen molar-refractivity contribution < 1.29 is 4.74 Å². The minimum absolute atomic E-state index is 0.173. The van der Waals surface area contributed by atoms with E-state index in [-0.39, 0.29) is 6.10 Å². The van der Waals surface area contributed by atoms with Crippen LogP contribution in [0.15, 0.2) is 21.7 Å².